The molecule has 1 aromatic carbocycles. The van der Waals surface area contributed by atoms with E-state index in [2.05, 4.69) is 4.72 Å². The second-order valence-electron chi connectivity index (χ2n) is 3.18. The van der Waals surface area contributed by atoms with Crippen molar-refractivity contribution in [1.82, 2.24) is 4.72 Å². The number of benzene rings is 1. The van der Waals surface area contributed by atoms with Crippen LogP contribution in [0, 0.1) is 0 Å². The summed E-state index contributed by atoms with van der Waals surface area (Å²) in [4.78, 5) is 0.141. The van der Waals surface area contributed by atoms with Gasteiger partial charge in [-0.05, 0) is 18.6 Å². The van der Waals surface area contributed by atoms with Gasteiger partial charge in [0.2, 0.25) is 10.0 Å². The molecule has 0 aliphatic rings. The third kappa shape index (κ3) is 3.48. The number of rotatable bonds is 5. The van der Waals surface area contributed by atoms with Gasteiger partial charge in [0.15, 0.2) is 0 Å². The van der Waals surface area contributed by atoms with Crippen molar-refractivity contribution < 1.29 is 8.42 Å². The molecule has 0 radical (unpaired) electrons. The third-order valence-electron chi connectivity index (χ3n) is 1.95. The van der Waals surface area contributed by atoms with Gasteiger partial charge in [-0.15, -0.1) is 0 Å². The van der Waals surface area contributed by atoms with Crippen molar-refractivity contribution in [3.8, 4) is 0 Å². The Morgan fingerprint density at radius 3 is 2.60 bits per heavy atom. The van der Waals surface area contributed by atoms with Gasteiger partial charge in [-0.25, -0.2) is 13.1 Å². The van der Waals surface area contributed by atoms with E-state index >= 15 is 0 Å². The Bertz CT molecular complexity index is 417. The normalized spacial score (nSPS) is 11.6. The maximum Gasteiger partial charge on any atom is 0.242 e. The van der Waals surface area contributed by atoms with Gasteiger partial charge in [0.05, 0.1) is 5.02 Å². The lowest BCUT2D eigenvalue weighted by atomic mass is 10.3. The Kier molecular flexibility index (Phi) is 4.57. The maximum absolute atomic E-state index is 11.7. The van der Waals surface area contributed by atoms with Crippen molar-refractivity contribution in [3.05, 3.63) is 29.3 Å². The Balaban J connectivity index is 2.83. The fourth-order valence-corrected chi connectivity index (χ4v) is 2.72. The summed E-state index contributed by atoms with van der Waals surface area (Å²) < 4.78 is 26.0. The Hall–Kier alpha value is -0.580. The molecule has 0 aliphatic carbocycles. The largest absolute Gasteiger partial charge is 0.242 e. The molecule has 0 atom stereocenters. The molecular weight excluding hydrogens is 234 g/mol. The van der Waals surface area contributed by atoms with E-state index in [1.54, 1.807) is 18.2 Å². The van der Waals surface area contributed by atoms with Crippen molar-refractivity contribution in [3.63, 3.8) is 0 Å². The fourth-order valence-electron chi connectivity index (χ4n) is 1.12. The molecule has 0 aliphatic heterocycles. The van der Waals surface area contributed by atoms with E-state index in [0.717, 1.165) is 12.8 Å². The standard InChI is InChI=1S/C10H14ClNO2S/c1-2-3-8-12-15(13,14)10-7-5-4-6-9(10)11/h4-7,12H,2-3,8H2,1H3. The molecular formula is C10H14ClNO2S. The molecule has 0 unspecified atom stereocenters. The van der Waals surface area contributed by atoms with Crippen molar-refractivity contribution in [1.29, 1.82) is 0 Å². The van der Waals surface area contributed by atoms with E-state index in [1.165, 1.54) is 6.07 Å². The van der Waals surface area contributed by atoms with E-state index in [4.69, 9.17) is 11.6 Å². The topological polar surface area (TPSA) is 46.2 Å². The minimum atomic E-state index is -3.45. The lowest BCUT2D eigenvalue weighted by Gasteiger charge is -2.07. The van der Waals surface area contributed by atoms with Crippen molar-refractivity contribution >= 4 is 21.6 Å². The lowest BCUT2D eigenvalue weighted by molar-refractivity contribution is 0.578. The van der Waals surface area contributed by atoms with E-state index in [1.807, 2.05) is 6.92 Å². The van der Waals surface area contributed by atoms with Crippen LogP contribution in [0.5, 0.6) is 0 Å². The zero-order valence-electron chi connectivity index (χ0n) is 8.53. The van der Waals surface area contributed by atoms with Gasteiger partial charge in [-0.2, -0.15) is 0 Å². The van der Waals surface area contributed by atoms with Gasteiger partial charge in [0.25, 0.3) is 0 Å². The summed E-state index contributed by atoms with van der Waals surface area (Å²) in [7, 11) is -3.45. The quantitative estimate of drug-likeness (QED) is 0.813. The van der Waals surface area contributed by atoms with Crippen LogP contribution in [0.25, 0.3) is 0 Å². The first kappa shape index (κ1) is 12.5. The fraction of sp³-hybridized carbons (Fsp3) is 0.400. The maximum atomic E-state index is 11.7. The summed E-state index contributed by atoms with van der Waals surface area (Å²) in [5.74, 6) is 0. The highest BCUT2D eigenvalue weighted by Crippen LogP contribution is 2.19. The molecule has 15 heavy (non-hydrogen) atoms. The highest BCUT2D eigenvalue weighted by molar-refractivity contribution is 7.89. The van der Waals surface area contributed by atoms with Gasteiger partial charge in [0.1, 0.15) is 4.90 Å². The number of halogens is 1. The minimum absolute atomic E-state index is 0.141. The van der Waals surface area contributed by atoms with Gasteiger partial charge >= 0.3 is 0 Å². The summed E-state index contributed by atoms with van der Waals surface area (Å²) in [5, 5.41) is 0.251. The van der Waals surface area contributed by atoms with Crippen molar-refractivity contribution in [2.24, 2.45) is 0 Å². The molecule has 1 N–H and O–H groups in total. The molecule has 0 heterocycles. The van der Waals surface area contributed by atoms with Gasteiger partial charge < -0.3 is 0 Å². The zero-order valence-corrected chi connectivity index (χ0v) is 10.1. The first-order valence-corrected chi connectivity index (χ1v) is 6.68. The highest BCUT2D eigenvalue weighted by atomic mass is 35.5. The summed E-state index contributed by atoms with van der Waals surface area (Å²) in [6, 6.07) is 6.42. The van der Waals surface area contributed by atoms with Crippen LogP contribution in [0.3, 0.4) is 0 Å². The van der Waals surface area contributed by atoms with E-state index in [0.29, 0.717) is 6.54 Å². The molecule has 1 rings (SSSR count). The predicted molar refractivity (Wildman–Crippen MR) is 61.5 cm³/mol. The second-order valence-corrected chi connectivity index (χ2v) is 5.32. The molecule has 0 saturated heterocycles. The molecule has 84 valence electrons. The van der Waals surface area contributed by atoms with Crippen LogP contribution in [-0.4, -0.2) is 15.0 Å². The second kappa shape index (κ2) is 5.49. The predicted octanol–water partition coefficient (Wildman–Crippen LogP) is 2.42. The van der Waals surface area contributed by atoms with Crippen molar-refractivity contribution in [2.45, 2.75) is 24.7 Å². The Labute approximate surface area is 95.5 Å². The molecule has 0 fully saturated rings. The van der Waals surface area contributed by atoms with Crippen LogP contribution in [0.2, 0.25) is 5.02 Å². The third-order valence-corrected chi connectivity index (χ3v) is 3.91. The zero-order chi connectivity index (χ0) is 11.3. The molecule has 5 heteroatoms. The number of sulfonamides is 1. The molecule has 3 nitrogen and oxygen atoms in total. The van der Waals surface area contributed by atoms with Gasteiger partial charge in [-0.3, -0.25) is 0 Å². The number of nitrogens with one attached hydrogen (secondary N) is 1. The first-order valence-electron chi connectivity index (χ1n) is 4.82. The summed E-state index contributed by atoms with van der Waals surface area (Å²) in [5.41, 5.74) is 0. The highest BCUT2D eigenvalue weighted by Gasteiger charge is 2.15. The molecule has 0 amide bonds. The molecule has 0 saturated carbocycles. The smallest absolute Gasteiger partial charge is 0.211 e. The summed E-state index contributed by atoms with van der Waals surface area (Å²) in [6.07, 6.45) is 1.77. The molecule has 1 aromatic rings. The summed E-state index contributed by atoms with van der Waals surface area (Å²) in [6.45, 7) is 2.45. The SMILES string of the molecule is CCCCNS(=O)(=O)c1ccccc1Cl. The van der Waals surface area contributed by atoms with Gasteiger partial charge in [-0.1, -0.05) is 37.1 Å². The van der Waals surface area contributed by atoms with Crippen LogP contribution in [0.1, 0.15) is 19.8 Å². The summed E-state index contributed by atoms with van der Waals surface area (Å²) >= 11 is 5.80. The van der Waals surface area contributed by atoms with E-state index in [-0.39, 0.29) is 9.92 Å². The van der Waals surface area contributed by atoms with Crippen LogP contribution in [-0.2, 0) is 10.0 Å². The first-order chi connectivity index (χ1) is 7.08. The Morgan fingerprint density at radius 2 is 2.00 bits per heavy atom. The molecule has 0 aromatic heterocycles. The Morgan fingerprint density at radius 1 is 1.33 bits per heavy atom. The van der Waals surface area contributed by atoms with Crippen LogP contribution >= 0.6 is 11.6 Å². The monoisotopic (exact) mass is 247 g/mol. The van der Waals surface area contributed by atoms with Crippen LogP contribution in [0.15, 0.2) is 29.2 Å². The number of unbranched alkanes of at least 4 members (excludes halogenated alkanes) is 1. The van der Waals surface area contributed by atoms with Gasteiger partial charge in [0, 0.05) is 6.54 Å². The van der Waals surface area contributed by atoms with Crippen LogP contribution in [0.4, 0.5) is 0 Å². The average molecular weight is 248 g/mol. The molecule has 0 spiro atoms. The van der Waals surface area contributed by atoms with E-state index in [9.17, 15) is 8.42 Å². The van der Waals surface area contributed by atoms with Crippen molar-refractivity contribution in [2.75, 3.05) is 6.54 Å². The lowest BCUT2D eigenvalue weighted by Crippen LogP contribution is -2.24. The number of hydrogen-bond donors (Lipinski definition) is 1. The molecule has 0 bridgehead atoms. The minimum Gasteiger partial charge on any atom is -0.211 e. The average Bonchev–Trinajstić information content (AvgIpc) is 2.18. The number of hydrogen-bond acceptors (Lipinski definition) is 2. The van der Waals surface area contributed by atoms with E-state index < -0.39 is 10.0 Å². The van der Waals surface area contributed by atoms with Crippen LogP contribution < -0.4 is 4.72 Å².